The third-order valence-electron chi connectivity index (χ3n) is 2.24. The second kappa shape index (κ2) is 5.38. The van der Waals surface area contributed by atoms with Gasteiger partial charge in [0.15, 0.2) is 0 Å². The van der Waals surface area contributed by atoms with Crippen LogP contribution >= 0.6 is 15.9 Å². The highest BCUT2D eigenvalue weighted by molar-refractivity contribution is 9.10. The lowest BCUT2D eigenvalue weighted by Crippen LogP contribution is -2.45. The Labute approximate surface area is 102 Å². The maximum Gasteiger partial charge on any atom is 0.254 e. The number of halogens is 1. The summed E-state index contributed by atoms with van der Waals surface area (Å²) in [5.41, 5.74) is 0.654. The number of amides is 1. The summed E-state index contributed by atoms with van der Waals surface area (Å²) in [6, 6.07) is 3.55. The molecule has 1 atom stereocenters. The van der Waals surface area contributed by atoms with Crippen LogP contribution in [0.25, 0.3) is 0 Å². The van der Waals surface area contributed by atoms with Gasteiger partial charge in [-0.05, 0) is 28.1 Å². The molecule has 5 nitrogen and oxygen atoms in total. The fraction of sp³-hybridized carbons (Fsp3) is 0.400. The second-order valence-corrected chi connectivity index (χ2v) is 4.15. The monoisotopic (exact) mass is 285 g/mol. The van der Waals surface area contributed by atoms with Crippen LogP contribution in [0.4, 0.5) is 5.69 Å². The van der Waals surface area contributed by atoms with Gasteiger partial charge in [0.1, 0.15) is 10.7 Å². The Morgan fingerprint density at radius 2 is 2.56 bits per heavy atom. The molecule has 2 rings (SSSR count). The average molecular weight is 286 g/mol. The van der Waals surface area contributed by atoms with Crippen molar-refractivity contribution in [3.05, 3.63) is 22.9 Å². The summed E-state index contributed by atoms with van der Waals surface area (Å²) < 4.78 is 5.96. The van der Waals surface area contributed by atoms with Gasteiger partial charge in [-0.1, -0.05) is 0 Å². The SMILES string of the molecule is O=C(Nc1cccnc1Br)C1CNCCO1. The smallest absolute Gasteiger partial charge is 0.254 e. The Kier molecular flexibility index (Phi) is 3.87. The third kappa shape index (κ3) is 2.78. The fourth-order valence-corrected chi connectivity index (χ4v) is 1.78. The van der Waals surface area contributed by atoms with Crippen molar-refractivity contribution in [3.63, 3.8) is 0 Å². The van der Waals surface area contributed by atoms with Gasteiger partial charge in [0.2, 0.25) is 0 Å². The number of nitrogens with zero attached hydrogens (tertiary/aromatic N) is 1. The highest BCUT2D eigenvalue weighted by atomic mass is 79.9. The minimum atomic E-state index is -0.430. The molecule has 1 amide bonds. The highest BCUT2D eigenvalue weighted by Crippen LogP contribution is 2.18. The summed E-state index contributed by atoms with van der Waals surface area (Å²) in [6.07, 6.45) is 1.22. The number of carbonyl (C=O) groups is 1. The molecule has 1 aromatic rings. The summed E-state index contributed by atoms with van der Waals surface area (Å²) >= 11 is 3.27. The van der Waals surface area contributed by atoms with Crippen molar-refractivity contribution in [2.24, 2.45) is 0 Å². The van der Waals surface area contributed by atoms with E-state index in [9.17, 15) is 4.79 Å². The van der Waals surface area contributed by atoms with Gasteiger partial charge in [-0.15, -0.1) is 0 Å². The standard InChI is InChI=1S/C10H12BrN3O2/c11-9-7(2-1-3-13-9)14-10(15)8-6-12-4-5-16-8/h1-3,8,12H,4-6H2,(H,14,15). The largest absolute Gasteiger partial charge is 0.366 e. The number of ether oxygens (including phenoxy) is 1. The number of aromatic nitrogens is 1. The molecular formula is C10H12BrN3O2. The van der Waals surface area contributed by atoms with Gasteiger partial charge in [0.25, 0.3) is 5.91 Å². The molecule has 0 radical (unpaired) electrons. The first-order valence-corrected chi connectivity index (χ1v) is 5.80. The first-order chi connectivity index (χ1) is 7.77. The predicted molar refractivity (Wildman–Crippen MR) is 63.2 cm³/mol. The van der Waals surface area contributed by atoms with Gasteiger partial charge in [-0.25, -0.2) is 4.98 Å². The molecule has 1 fully saturated rings. The van der Waals surface area contributed by atoms with E-state index in [4.69, 9.17) is 4.74 Å². The maximum atomic E-state index is 11.8. The number of hydrogen-bond donors (Lipinski definition) is 2. The summed E-state index contributed by atoms with van der Waals surface area (Å²) in [4.78, 5) is 15.8. The number of nitrogens with one attached hydrogen (secondary N) is 2. The lowest BCUT2D eigenvalue weighted by Gasteiger charge is -2.22. The Hall–Kier alpha value is -0.980. The fourth-order valence-electron chi connectivity index (χ4n) is 1.43. The summed E-state index contributed by atoms with van der Waals surface area (Å²) in [5, 5.41) is 5.87. The summed E-state index contributed by atoms with van der Waals surface area (Å²) in [5.74, 6) is -0.152. The molecule has 1 saturated heterocycles. The van der Waals surface area contributed by atoms with Crippen molar-refractivity contribution < 1.29 is 9.53 Å². The molecule has 0 spiro atoms. The molecule has 1 aromatic heterocycles. The van der Waals surface area contributed by atoms with E-state index in [0.717, 1.165) is 6.54 Å². The van der Waals surface area contributed by atoms with E-state index in [-0.39, 0.29) is 5.91 Å². The van der Waals surface area contributed by atoms with Crippen LogP contribution in [0.1, 0.15) is 0 Å². The molecule has 86 valence electrons. The molecule has 1 unspecified atom stereocenters. The van der Waals surface area contributed by atoms with Crippen LogP contribution in [0.15, 0.2) is 22.9 Å². The molecule has 0 saturated carbocycles. The Morgan fingerprint density at radius 3 is 3.25 bits per heavy atom. The zero-order chi connectivity index (χ0) is 11.4. The van der Waals surface area contributed by atoms with Gasteiger partial charge < -0.3 is 15.4 Å². The number of pyridine rings is 1. The van der Waals surface area contributed by atoms with E-state index in [1.165, 1.54) is 0 Å². The molecule has 1 aliphatic rings. The number of hydrogen-bond acceptors (Lipinski definition) is 4. The van der Waals surface area contributed by atoms with Gasteiger partial charge in [-0.3, -0.25) is 4.79 Å². The van der Waals surface area contributed by atoms with Crippen molar-refractivity contribution >= 4 is 27.5 Å². The van der Waals surface area contributed by atoms with Crippen LogP contribution in [-0.2, 0) is 9.53 Å². The lowest BCUT2D eigenvalue weighted by atomic mass is 10.3. The van der Waals surface area contributed by atoms with Crippen molar-refractivity contribution in [3.8, 4) is 0 Å². The van der Waals surface area contributed by atoms with Gasteiger partial charge >= 0.3 is 0 Å². The van der Waals surface area contributed by atoms with E-state index >= 15 is 0 Å². The van der Waals surface area contributed by atoms with Gasteiger partial charge in [0, 0.05) is 19.3 Å². The van der Waals surface area contributed by atoms with Crippen molar-refractivity contribution in [1.29, 1.82) is 0 Å². The number of carbonyl (C=O) groups excluding carboxylic acids is 1. The normalized spacial score (nSPS) is 20.4. The minimum Gasteiger partial charge on any atom is -0.366 e. The quantitative estimate of drug-likeness (QED) is 0.788. The van der Waals surface area contributed by atoms with Crippen LogP contribution in [0.2, 0.25) is 0 Å². The molecule has 2 N–H and O–H groups in total. The number of rotatable bonds is 2. The molecule has 0 aliphatic carbocycles. The molecule has 0 aromatic carbocycles. The zero-order valence-corrected chi connectivity index (χ0v) is 10.2. The molecule has 1 aliphatic heterocycles. The van der Waals surface area contributed by atoms with E-state index < -0.39 is 6.10 Å². The topological polar surface area (TPSA) is 63.2 Å². The maximum absolute atomic E-state index is 11.8. The van der Waals surface area contributed by atoms with Gasteiger partial charge in [-0.2, -0.15) is 0 Å². The van der Waals surface area contributed by atoms with Crippen LogP contribution < -0.4 is 10.6 Å². The molecule has 16 heavy (non-hydrogen) atoms. The van der Waals surface area contributed by atoms with E-state index in [1.54, 1.807) is 18.3 Å². The van der Waals surface area contributed by atoms with E-state index in [2.05, 4.69) is 31.5 Å². The molecule has 0 bridgehead atoms. The minimum absolute atomic E-state index is 0.152. The van der Waals surface area contributed by atoms with E-state index in [0.29, 0.717) is 23.4 Å². The van der Waals surface area contributed by atoms with E-state index in [1.807, 2.05) is 0 Å². The second-order valence-electron chi connectivity index (χ2n) is 3.39. The van der Waals surface area contributed by atoms with Crippen molar-refractivity contribution in [2.45, 2.75) is 6.10 Å². The molecular weight excluding hydrogens is 274 g/mol. The first-order valence-electron chi connectivity index (χ1n) is 5.01. The Morgan fingerprint density at radius 1 is 1.69 bits per heavy atom. The van der Waals surface area contributed by atoms with Crippen LogP contribution in [0, 0.1) is 0 Å². The Bertz CT molecular complexity index is 380. The molecule has 2 heterocycles. The lowest BCUT2D eigenvalue weighted by molar-refractivity contribution is -0.128. The number of morpholine rings is 1. The summed E-state index contributed by atoms with van der Waals surface area (Å²) in [7, 11) is 0. The Balaban J connectivity index is 1.99. The third-order valence-corrected chi connectivity index (χ3v) is 2.87. The number of anilines is 1. The highest BCUT2D eigenvalue weighted by Gasteiger charge is 2.22. The van der Waals surface area contributed by atoms with Crippen LogP contribution in [0.3, 0.4) is 0 Å². The average Bonchev–Trinajstić information content (AvgIpc) is 2.33. The van der Waals surface area contributed by atoms with Crippen molar-refractivity contribution in [1.82, 2.24) is 10.3 Å². The summed E-state index contributed by atoms with van der Waals surface area (Å²) in [6.45, 7) is 1.90. The molecule has 6 heteroatoms. The van der Waals surface area contributed by atoms with Crippen molar-refractivity contribution in [2.75, 3.05) is 25.0 Å². The predicted octanol–water partition coefficient (Wildman–Crippen LogP) is 0.771. The first kappa shape index (κ1) is 11.5. The van der Waals surface area contributed by atoms with Crippen LogP contribution in [-0.4, -0.2) is 36.7 Å². The zero-order valence-electron chi connectivity index (χ0n) is 8.57. The van der Waals surface area contributed by atoms with Gasteiger partial charge in [0.05, 0.1) is 12.3 Å². The van der Waals surface area contributed by atoms with Crippen LogP contribution in [0.5, 0.6) is 0 Å².